The van der Waals surface area contributed by atoms with Gasteiger partial charge in [0.15, 0.2) is 0 Å². The Bertz CT molecular complexity index is 1670. The number of fused-ring (bicyclic) bond motifs is 1. The van der Waals surface area contributed by atoms with E-state index in [4.69, 9.17) is 16.7 Å². The van der Waals surface area contributed by atoms with E-state index in [-0.39, 0.29) is 37.1 Å². The summed E-state index contributed by atoms with van der Waals surface area (Å²) >= 11 is 6.47. The number of aromatic nitrogens is 2. The molecule has 2 aliphatic rings. The van der Waals surface area contributed by atoms with Crippen molar-refractivity contribution < 1.29 is 27.5 Å². The molecule has 1 fully saturated rings. The van der Waals surface area contributed by atoms with E-state index in [1.54, 1.807) is 28.9 Å². The lowest BCUT2D eigenvalue weighted by molar-refractivity contribution is -0.120. The van der Waals surface area contributed by atoms with Crippen LogP contribution in [0.4, 0.5) is 4.39 Å². The summed E-state index contributed by atoms with van der Waals surface area (Å²) in [6.07, 6.45) is 2.52. The molecule has 0 radical (unpaired) electrons. The van der Waals surface area contributed by atoms with Crippen LogP contribution in [0.1, 0.15) is 46.9 Å². The maximum absolute atomic E-state index is 14.1. The van der Waals surface area contributed by atoms with Gasteiger partial charge in [0, 0.05) is 80.5 Å². The largest absolute Gasteiger partial charge is 0.390 e. The van der Waals surface area contributed by atoms with Gasteiger partial charge in [0.1, 0.15) is 5.82 Å². The van der Waals surface area contributed by atoms with Gasteiger partial charge in [-0.25, -0.2) is 12.8 Å². The fourth-order valence-corrected chi connectivity index (χ4v) is 6.98. The van der Waals surface area contributed by atoms with Gasteiger partial charge in [-0.3, -0.25) is 14.3 Å². The number of piperidine rings is 1. The van der Waals surface area contributed by atoms with E-state index in [1.807, 2.05) is 0 Å². The molecule has 242 valence electrons. The normalized spacial score (nSPS) is 17.1. The Labute approximate surface area is 267 Å². The standard InChI is InChI=1S/C31H38ClFN6O5S/c1-20(40)35-23-9-12-37(13-10-23)17-24(41)18-39-29-11-14-38(45(2,43)44)19-26(29)30(36-39)21-7-8-27(32)22(15-21)16-34-31(42)25-5-3-4-6-28(25)33/h3-8,15,23-24,41H,9-14,16-19H2,1-2H3,(H,34,42)(H,35,40). The molecule has 1 atom stereocenters. The number of hydrogen-bond donors (Lipinski definition) is 3. The van der Waals surface area contributed by atoms with E-state index in [1.165, 1.54) is 35.7 Å². The van der Waals surface area contributed by atoms with Gasteiger partial charge in [0.2, 0.25) is 15.9 Å². The molecule has 0 aliphatic carbocycles. The molecule has 2 aromatic carbocycles. The molecule has 14 heteroatoms. The lowest BCUT2D eigenvalue weighted by atomic mass is 10.0. The fraction of sp³-hybridized carbons (Fsp3) is 0.452. The third-order valence-electron chi connectivity index (χ3n) is 8.29. The molecule has 2 amide bonds. The summed E-state index contributed by atoms with van der Waals surface area (Å²) in [5.74, 6) is -1.24. The van der Waals surface area contributed by atoms with Crippen LogP contribution in [0, 0.1) is 5.82 Å². The van der Waals surface area contributed by atoms with Gasteiger partial charge in [0.25, 0.3) is 5.91 Å². The Balaban J connectivity index is 1.36. The summed E-state index contributed by atoms with van der Waals surface area (Å²) in [6.45, 7) is 4.18. The van der Waals surface area contributed by atoms with Crippen molar-refractivity contribution in [1.82, 2.24) is 29.6 Å². The number of rotatable bonds is 10. The van der Waals surface area contributed by atoms with Crippen molar-refractivity contribution in [3.8, 4) is 11.3 Å². The molecule has 0 bridgehead atoms. The highest BCUT2D eigenvalue weighted by molar-refractivity contribution is 7.88. The van der Waals surface area contributed by atoms with Gasteiger partial charge < -0.3 is 20.6 Å². The second-order valence-electron chi connectivity index (χ2n) is 11.7. The maximum Gasteiger partial charge on any atom is 0.254 e. The van der Waals surface area contributed by atoms with E-state index in [2.05, 4.69) is 15.5 Å². The molecule has 1 unspecified atom stereocenters. The number of β-amino-alcohol motifs (C(OH)–C–C–N with tert-alkyl or cyclic N) is 1. The summed E-state index contributed by atoms with van der Waals surface area (Å²) in [4.78, 5) is 26.2. The van der Waals surface area contributed by atoms with Gasteiger partial charge >= 0.3 is 0 Å². The predicted octanol–water partition coefficient (Wildman–Crippen LogP) is 2.55. The predicted molar refractivity (Wildman–Crippen MR) is 168 cm³/mol. The number of nitrogens with one attached hydrogen (secondary N) is 2. The highest BCUT2D eigenvalue weighted by atomic mass is 35.5. The number of carbonyl (C=O) groups is 2. The quantitative estimate of drug-likeness (QED) is 0.304. The molecule has 1 aromatic heterocycles. The zero-order chi connectivity index (χ0) is 32.3. The molecular formula is C31H38ClFN6O5S. The Morgan fingerprint density at radius 2 is 1.87 bits per heavy atom. The Hall–Kier alpha value is -3.36. The highest BCUT2D eigenvalue weighted by Crippen LogP contribution is 2.33. The molecule has 11 nitrogen and oxygen atoms in total. The highest BCUT2D eigenvalue weighted by Gasteiger charge is 2.31. The topological polar surface area (TPSA) is 137 Å². The van der Waals surface area contributed by atoms with Crippen LogP contribution < -0.4 is 10.6 Å². The number of amides is 2. The van der Waals surface area contributed by atoms with Gasteiger partial charge in [0.05, 0.1) is 30.2 Å². The minimum Gasteiger partial charge on any atom is -0.390 e. The summed E-state index contributed by atoms with van der Waals surface area (Å²) in [5, 5.41) is 22.0. The van der Waals surface area contributed by atoms with Crippen LogP contribution in [-0.2, 0) is 40.9 Å². The lowest BCUT2D eigenvalue weighted by Crippen LogP contribution is -2.46. The summed E-state index contributed by atoms with van der Waals surface area (Å²) in [5.41, 5.74) is 3.36. The zero-order valence-corrected chi connectivity index (χ0v) is 26.9. The second kappa shape index (κ2) is 14.0. The maximum atomic E-state index is 14.1. The van der Waals surface area contributed by atoms with Crippen LogP contribution >= 0.6 is 11.6 Å². The van der Waals surface area contributed by atoms with Crippen molar-refractivity contribution in [2.75, 3.05) is 32.4 Å². The first-order chi connectivity index (χ1) is 21.4. The number of aliphatic hydroxyl groups excluding tert-OH is 1. The second-order valence-corrected chi connectivity index (χ2v) is 14.1. The van der Waals surface area contributed by atoms with E-state index >= 15 is 0 Å². The summed E-state index contributed by atoms with van der Waals surface area (Å²) in [6, 6.07) is 11.1. The lowest BCUT2D eigenvalue weighted by Gasteiger charge is -2.33. The van der Waals surface area contributed by atoms with Gasteiger partial charge in [-0.1, -0.05) is 29.8 Å². The number of hydrogen-bond acceptors (Lipinski definition) is 7. The van der Waals surface area contributed by atoms with Gasteiger partial charge in [-0.2, -0.15) is 9.40 Å². The van der Waals surface area contributed by atoms with Crippen molar-refractivity contribution in [1.29, 1.82) is 0 Å². The molecule has 2 aliphatic heterocycles. The molecule has 0 saturated carbocycles. The SMILES string of the molecule is CC(=O)NC1CCN(CC(O)Cn2nc(-c3ccc(Cl)c(CNC(=O)c4ccccc4F)c3)c3c2CCN(S(C)(=O)=O)C3)CC1. The van der Waals surface area contributed by atoms with Crippen LogP contribution in [-0.4, -0.2) is 88.9 Å². The van der Waals surface area contributed by atoms with E-state index in [0.29, 0.717) is 41.4 Å². The van der Waals surface area contributed by atoms with Crippen LogP contribution in [0.15, 0.2) is 42.5 Å². The molecule has 3 heterocycles. The molecule has 3 aromatic rings. The Morgan fingerprint density at radius 1 is 1.13 bits per heavy atom. The number of aliphatic hydroxyl groups is 1. The van der Waals surface area contributed by atoms with Gasteiger partial charge in [-0.05, 0) is 42.7 Å². The van der Waals surface area contributed by atoms with Crippen LogP contribution in [0.5, 0.6) is 0 Å². The number of nitrogens with zero attached hydrogens (tertiary/aromatic N) is 4. The van der Waals surface area contributed by atoms with Crippen LogP contribution in [0.3, 0.4) is 0 Å². The van der Waals surface area contributed by atoms with Crippen molar-refractivity contribution in [3.05, 3.63) is 75.7 Å². The minimum absolute atomic E-state index is 0.0372. The molecule has 45 heavy (non-hydrogen) atoms. The number of benzene rings is 2. The van der Waals surface area contributed by atoms with Crippen molar-refractivity contribution >= 4 is 33.4 Å². The molecule has 1 saturated heterocycles. The van der Waals surface area contributed by atoms with Crippen molar-refractivity contribution in [3.63, 3.8) is 0 Å². The van der Waals surface area contributed by atoms with Gasteiger partial charge in [-0.15, -0.1) is 0 Å². The smallest absolute Gasteiger partial charge is 0.254 e. The molecule has 5 rings (SSSR count). The Kier molecular flexibility index (Phi) is 10.2. The van der Waals surface area contributed by atoms with E-state index in [0.717, 1.165) is 37.2 Å². The van der Waals surface area contributed by atoms with Crippen molar-refractivity contribution in [2.24, 2.45) is 0 Å². The molecule has 3 N–H and O–H groups in total. The summed E-state index contributed by atoms with van der Waals surface area (Å²) < 4.78 is 42.2. The van der Waals surface area contributed by atoms with E-state index < -0.39 is 27.9 Å². The fourth-order valence-electron chi connectivity index (χ4n) is 6.01. The number of sulfonamides is 1. The Morgan fingerprint density at radius 3 is 2.56 bits per heavy atom. The number of halogens is 2. The van der Waals surface area contributed by atoms with Crippen LogP contribution in [0.2, 0.25) is 5.02 Å². The third kappa shape index (κ3) is 8.08. The minimum atomic E-state index is -3.46. The number of carbonyl (C=O) groups excluding carboxylic acids is 2. The first kappa shape index (κ1) is 33.0. The first-order valence-electron chi connectivity index (χ1n) is 14.9. The molecule has 0 spiro atoms. The first-order valence-corrected chi connectivity index (χ1v) is 17.1. The average molecular weight is 661 g/mol. The van der Waals surface area contributed by atoms with E-state index in [9.17, 15) is 27.5 Å². The monoisotopic (exact) mass is 660 g/mol. The average Bonchev–Trinajstić information content (AvgIpc) is 3.34. The van der Waals surface area contributed by atoms with Crippen LogP contribution in [0.25, 0.3) is 11.3 Å². The third-order valence-corrected chi connectivity index (χ3v) is 9.91. The van der Waals surface area contributed by atoms with Crippen molar-refractivity contribution in [2.45, 2.75) is 58.0 Å². The summed E-state index contributed by atoms with van der Waals surface area (Å²) in [7, 11) is -3.46. The molecular weight excluding hydrogens is 623 g/mol. The number of likely N-dealkylation sites (tertiary alicyclic amines) is 1. The zero-order valence-electron chi connectivity index (χ0n) is 25.3.